The number of aliphatic hydroxyl groups excluding tert-OH is 2. The van der Waals surface area contributed by atoms with Gasteiger partial charge in [-0.2, -0.15) is 0 Å². The molecule has 0 saturated carbocycles. The number of aliphatic hydroxyl groups is 2. The number of aliphatic carboxylic acids is 4. The lowest BCUT2D eigenvalue weighted by molar-refractivity contribution is -0.144. The van der Waals surface area contributed by atoms with Gasteiger partial charge < -0.3 is 87.2 Å². The SMILES string of the molecule is CC(=O)[C@@H](N)CO.CC(=O)[C@H](CO)NCc1ccc(CNC(=O)COCCOCCCC(=O)COCCOCCNC(=O)CC[C@H](CC(=O)CCCCCCCCCCCCCCCCC(=O)O)C(=O)O)cc1.CC[C@@H](CSSC[C@H](NC)C(C)=O)C(C)=O.CC[C@H](C)[C@H](NC)C(=O)O.CC[C@H](C)[C@H](NC)C(=O)O. The number of rotatable bonds is 66. The Hall–Kier alpha value is -5.68. The third-order valence-electron chi connectivity index (χ3n) is 17.7. The third-order valence-corrected chi connectivity index (χ3v) is 20.2. The van der Waals surface area contributed by atoms with Gasteiger partial charge in [0.25, 0.3) is 0 Å². The molecule has 0 saturated heterocycles. The number of Topliss-reactive ketones (excluding diaryl/α,β-unsaturated/α-hetero) is 6. The normalized spacial score (nSPS) is 13.3. The molecule has 0 aliphatic rings. The molecule has 0 aliphatic heterocycles. The molecule has 14 N–H and O–H groups in total. The third kappa shape index (κ3) is 67.7. The molecule has 0 heterocycles. The number of benzene rings is 1. The van der Waals surface area contributed by atoms with Crippen molar-refractivity contribution in [2.75, 3.05) is 105 Å². The largest absolute Gasteiger partial charge is 0.481 e. The molecule has 0 unspecified atom stereocenters. The molecule has 31 heteroatoms. The number of nitrogens with one attached hydrogen (secondary N) is 6. The van der Waals surface area contributed by atoms with Crippen LogP contribution in [-0.2, 0) is 89.6 Å². The molecule has 2 amide bonds. The van der Waals surface area contributed by atoms with E-state index in [1.54, 1.807) is 56.6 Å². The standard InChI is InChI=1S/C49H81N3O14.C11H21NO2S2.2C7H15NO2.C4H9NO2/c1-39(54)45(36-53)51-34-40-20-22-41(23-21-40)35-52-47(58)38-66-32-29-63-27-16-18-44(56)37-65-31-30-64-28-26-50-46(57)25-24-42(49(61)62)33-43(55)17-14-12-10-8-6-4-2-3-5-7-9-11-13-15-19-48(59)60;1-5-10(8(2)13)6-15-16-7-11(12-4)9(3)14;2*1-4-5(2)6(8-3)7(9)10;1-3(7)4(5)2-6/h20-23,42,45,51,53H,2-19,24-38H2,1H3,(H,50,57)(H,52,58)(H,59,60)(H,61,62);10-12H,5-7H2,1-4H3;2*5-6,8H,4H2,1-3H3,(H,9,10);4,6H,2,5H2,1H3/t42-,45+;10-,11-;2*5-,6-;4-/m10000/s1. The number of carbonyl (C=O) groups excluding carboxylic acids is 8. The van der Waals surface area contributed by atoms with Crippen LogP contribution in [0.2, 0.25) is 0 Å². The van der Waals surface area contributed by atoms with Crippen molar-refractivity contribution in [1.82, 2.24) is 31.9 Å². The zero-order chi connectivity index (χ0) is 83.2. The highest BCUT2D eigenvalue weighted by Gasteiger charge is 2.24. The topological polar surface area (TPSA) is 461 Å². The number of ketones is 6. The summed E-state index contributed by atoms with van der Waals surface area (Å²) in [7, 11) is 8.47. The Labute approximate surface area is 657 Å². The van der Waals surface area contributed by atoms with Crippen molar-refractivity contribution < 1.29 is 107 Å². The summed E-state index contributed by atoms with van der Waals surface area (Å²) in [5.74, 6) is -2.68. The summed E-state index contributed by atoms with van der Waals surface area (Å²) in [6.45, 7) is 17.7. The van der Waals surface area contributed by atoms with Crippen molar-refractivity contribution in [2.24, 2.45) is 29.4 Å². The Balaban J connectivity index is -0.00000102. The minimum Gasteiger partial charge on any atom is -0.481 e. The number of carboxylic acid groups (broad SMARTS) is 4. The van der Waals surface area contributed by atoms with E-state index in [1.165, 1.54) is 58.8 Å². The molecule has 29 nitrogen and oxygen atoms in total. The molecule has 0 radical (unpaired) electrons. The van der Waals surface area contributed by atoms with Gasteiger partial charge in [-0.25, -0.2) is 0 Å². The van der Waals surface area contributed by atoms with E-state index in [1.807, 2.05) is 58.9 Å². The van der Waals surface area contributed by atoms with Crippen LogP contribution in [0.4, 0.5) is 0 Å². The first-order valence-corrected chi connectivity index (χ1v) is 41.2. The van der Waals surface area contributed by atoms with E-state index in [-0.39, 0.29) is 168 Å². The van der Waals surface area contributed by atoms with Crippen molar-refractivity contribution in [3.63, 3.8) is 0 Å². The molecule has 1 aromatic carbocycles. The maximum Gasteiger partial charge on any atom is 0.320 e. The monoisotopic (exact) mass is 1590 g/mol. The van der Waals surface area contributed by atoms with Crippen molar-refractivity contribution in [3.8, 4) is 0 Å². The fourth-order valence-corrected chi connectivity index (χ4v) is 12.8. The Bertz CT molecular complexity index is 2540. The first-order chi connectivity index (χ1) is 51.9. The van der Waals surface area contributed by atoms with Gasteiger partial charge in [-0.05, 0) is 104 Å². The second-order valence-electron chi connectivity index (χ2n) is 26.9. The number of carbonyl (C=O) groups is 12. The van der Waals surface area contributed by atoms with Gasteiger partial charge in [0.15, 0.2) is 5.78 Å². The quantitative estimate of drug-likeness (QED) is 0.0216. The molecule has 0 aromatic heterocycles. The van der Waals surface area contributed by atoms with E-state index >= 15 is 0 Å². The second-order valence-corrected chi connectivity index (χ2v) is 29.5. The summed E-state index contributed by atoms with van der Waals surface area (Å²) < 4.78 is 21.6. The molecular weight excluding hydrogens is 1450 g/mol. The average molecular weight is 1590 g/mol. The van der Waals surface area contributed by atoms with Crippen molar-refractivity contribution in [3.05, 3.63) is 35.4 Å². The van der Waals surface area contributed by atoms with Crippen LogP contribution in [-0.4, -0.2) is 237 Å². The molecule has 1 rings (SSSR count). The fraction of sp³-hybridized carbons (Fsp3) is 0.769. The maximum absolute atomic E-state index is 12.5. The van der Waals surface area contributed by atoms with E-state index in [2.05, 4.69) is 31.9 Å². The highest BCUT2D eigenvalue weighted by Crippen LogP contribution is 2.26. The smallest absolute Gasteiger partial charge is 0.320 e. The second kappa shape index (κ2) is 75.0. The van der Waals surface area contributed by atoms with Crippen LogP contribution in [0.15, 0.2) is 24.3 Å². The summed E-state index contributed by atoms with van der Waals surface area (Å²) in [5.41, 5.74) is 6.86. The summed E-state index contributed by atoms with van der Waals surface area (Å²) in [4.78, 5) is 136. The summed E-state index contributed by atoms with van der Waals surface area (Å²) in [6, 6.07) is 5.38. The number of carboxylic acids is 4. The zero-order valence-electron chi connectivity index (χ0n) is 67.7. The minimum absolute atomic E-state index is 0.000602. The average Bonchev–Trinajstić information content (AvgIpc) is 0.961. The Morgan fingerprint density at radius 2 is 0.890 bits per heavy atom. The molecule has 9 atom stereocenters. The van der Waals surface area contributed by atoms with E-state index in [9.17, 15) is 67.7 Å². The van der Waals surface area contributed by atoms with Crippen LogP contribution >= 0.6 is 21.6 Å². The highest BCUT2D eigenvalue weighted by atomic mass is 33.1. The van der Waals surface area contributed by atoms with Gasteiger partial charge in [0.2, 0.25) is 11.8 Å². The van der Waals surface area contributed by atoms with Crippen LogP contribution in [0, 0.1) is 23.7 Å². The summed E-state index contributed by atoms with van der Waals surface area (Å²) >= 11 is 0. The van der Waals surface area contributed by atoms with E-state index in [0.717, 1.165) is 86.8 Å². The van der Waals surface area contributed by atoms with Gasteiger partial charge in [0.05, 0.1) is 70.3 Å². The van der Waals surface area contributed by atoms with E-state index < -0.39 is 54.0 Å². The first kappa shape index (κ1) is 110. The number of unbranched alkanes of at least 4 members (excludes halogenated alkanes) is 13. The number of hydrogen-bond donors (Lipinski definition) is 13. The number of ether oxygens (including phenoxy) is 4. The number of likely N-dealkylation sites (N-methyl/N-ethyl adjacent to an activating group) is 3. The lowest BCUT2D eigenvalue weighted by Crippen LogP contribution is -2.39. The molecule has 632 valence electrons. The number of nitrogens with two attached hydrogens (primary N) is 1. The van der Waals surface area contributed by atoms with Gasteiger partial charge >= 0.3 is 23.9 Å². The maximum atomic E-state index is 12.5. The lowest BCUT2D eigenvalue weighted by Gasteiger charge is -2.16. The van der Waals surface area contributed by atoms with Gasteiger partial charge in [-0.15, -0.1) is 0 Å². The van der Waals surface area contributed by atoms with Crippen molar-refractivity contribution in [2.45, 2.75) is 260 Å². The van der Waals surface area contributed by atoms with Gasteiger partial charge in [-0.1, -0.05) is 170 Å². The molecular formula is C78H141N7O22S2. The Morgan fingerprint density at radius 1 is 0.440 bits per heavy atom. The summed E-state index contributed by atoms with van der Waals surface area (Å²) in [5, 5.41) is 69.8. The minimum atomic E-state index is -1.07. The van der Waals surface area contributed by atoms with Crippen LogP contribution in [0.1, 0.15) is 228 Å². The molecule has 0 fully saturated rings. The van der Waals surface area contributed by atoms with Crippen molar-refractivity contribution >= 4 is 92.0 Å². The van der Waals surface area contributed by atoms with Crippen LogP contribution < -0.4 is 37.6 Å². The van der Waals surface area contributed by atoms with Gasteiger partial charge in [-0.3, -0.25) is 57.5 Å². The van der Waals surface area contributed by atoms with Crippen molar-refractivity contribution in [1.29, 1.82) is 0 Å². The zero-order valence-corrected chi connectivity index (χ0v) is 69.3. The van der Waals surface area contributed by atoms with Crippen LogP contribution in [0.3, 0.4) is 0 Å². The molecule has 0 spiro atoms. The van der Waals surface area contributed by atoms with Crippen LogP contribution in [0.5, 0.6) is 0 Å². The molecule has 0 bridgehead atoms. The van der Waals surface area contributed by atoms with Gasteiger partial charge in [0, 0.05) is 75.8 Å². The lowest BCUT2D eigenvalue weighted by atomic mass is 9.94. The molecule has 1 aromatic rings. The highest BCUT2D eigenvalue weighted by molar-refractivity contribution is 8.76. The predicted octanol–water partition coefficient (Wildman–Crippen LogP) is 8.11. The fourth-order valence-electron chi connectivity index (χ4n) is 9.98. The van der Waals surface area contributed by atoms with Gasteiger partial charge in [0.1, 0.15) is 54.2 Å². The van der Waals surface area contributed by atoms with E-state index in [0.29, 0.717) is 32.5 Å². The first-order valence-electron chi connectivity index (χ1n) is 38.7. The number of amides is 2. The van der Waals surface area contributed by atoms with Crippen LogP contribution in [0.25, 0.3) is 0 Å². The Kier molecular flexibility index (Phi) is 75.5. The summed E-state index contributed by atoms with van der Waals surface area (Å²) in [6.07, 6.45) is 19.4. The molecule has 0 aliphatic carbocycles. The van der Waals surface area contributed by atoms with E-state index in [4.69, 9.17) is 45.1 Å². The molecule has 109 heavy (non-hydrogen) atoms. The Morgan fingerprint density at radius 3 is 1.28 bits per heavy atom. The number of hydrogen-bond acceptors (Lipinski definition) is 25. The predicted molar refractivity (Wildman–Crippen MR) is 427 cm³/mol.